The second-order valence-electron chi connectivity index (χ2n) is 9.42. The van der Waals surface area contributed by atoms with E-state index in [1.807, 2.05) is 0 Å². The number of hydrogen-bond donors (Lipinski definition) is 1. The molecule has 3 fully saturated rings. The van der Waals surface area contributed by atoms with Crippen molar-refractivity contribution in [1.82, 2.24) is 15.1 Å². The lowest BCUT2D eigenvalue weighted by Crippen LogP contribution is -2.54. The summed E-state index contributed by atoms with van der Waals surface area (Å²) in [6.07, 6.45) is 3.07. The van der Waals surface area contributed by atoms with Gasteiger partial charge in [0.05, 0.1) is 0 Å². The predicted molar refractivity (Wildman–Crippen MR) is 101 cm³/mol. The van der Waals surface area contributed by atoms with Gasteiger partial charge in [0.15, 0.2) is 6.10 Å². The number of likely N-dealkylation sites (tertiary alicyclic amines) is 1. The van der Waals surface area contributed by atoms with E-state index < -0.39 is 30.2 Å². The molecule has 0 unspecified atom stereocenters. The molecule has 3 atom stereocenters. The van der Waals surface area contributed by atoms with Crippen molar-refractivity contribution in [3.63, 3.8) is 0 Å². The number of amides is 4. The molecule has 28 heavy (non-hydrogen) atoms. The Labute approximate surface area is 165 Å². The van der Waals surface area contributed by atoms with E-state index in [4.69, 9.17) is 4.74 Å². The molecule has 2 heterocycles. The molecule has 2 aliphatic heterocycles. The van der Waals surface area contributed by atoms with Crippen molar-refractivity contribution in [2.75, 3.05) is 19.6 Å². The van der Waals surface area contributed by atoms with Crippen LogP contribution in [0.1, 0.15) is 59.8 Å². The van der Waals surface area contributed by atoms with Crippen LogP contribution in [0.4, 0.5) is 4.79 Å². The molecule has 1 aliphatic carbocycles. The van der Waals surface area contributed by atoms with Gasteiger partial charge in [-0.2, -0.15) is 0 Å². The van der Waals surface area contributed by atoms with Gasteiger partial charge in [0.25, 0.3) is 11.8 Å². The Morgan fingerprint density at radius 2 is 1.86 bits per heavy atom. The molecule has 156 valence electrons. The van der Waals surface area contributed by atoms with Crippen molar-refractivity contribution in [2.24, 2.45) is 11.3 Å². The minimum Gasteiger partial charge on any atom is -0.451 e. The molecule has 4 amide bonds. The summed E-state index contributed by atoms with van der Waals surface area (Å²) in [4.78, 5) is 52.7. The van der Waals surface area contributed by atoms with E-state index in [1.165, 1.54) is 6.92 Å². The van der Waals surface area contributed by atoms with E-state index in [1.54, 1.807) is 4.90 Å². The lowest BCUT2D eigenvalue weighted by atomic mass is 9.64. The quantitative estimate of drug-likeness (QED) is 0.579. The molecule has 0 bridgehead atoms. The number of nitrogens with one attached hydrogen (secondary N) is 1. The highest BCUT2D eigenvalue weighted by Crippen LogP contribution is 2.46. The fourth-order valence-corrected chi connectivity index (χ4v) is 5.26. The van der Waals surface area contributed by atoms with Crippen LogP contribution in [-0.2, 0) is 19.1 Å². The molecule has 3 aliphatic rings. The van der Waals surface area contributed by atoms with E-state index in [0.29, 0.717) is 25.9 Å². The molecule has 0 aromatic carbocycles. The fraction of sp³-hybridized carbons (Fsp3) is 0.800. The van der Waals surface area contributed by atoms with E-state index in [0.717, 1.165) is 24.2 Å². The second-order valence-corrected chi connectivity index (χ2v) is 9.42. The summed E-state index contributed by atoms with van der Waals surface area (Å²) in [6, 6.07) is -0.564. The number of imide groups is 1. The molecule has 1 N–H and O–H groups in total. The minimum atomic E-state index is -0.949. The van der Waals surface area contributed by atoms with Gasteiger partial charge in [-0.1, -0.05) is 20.8 Å². The Balaban J connectivity index is 1.62. The van der Waals surface area contributed by atoms with Crippen molar-refractivity contribution in [1.29, 1.82) is 0 Å². The molecule has 8 nitrogen and oxygen atoms in total. The number of nitrogens with zero attached hydrogens (tertiary/aromatic N) is 2. The molecule has 0 aromatic heterocycles. The summed E-state index contributed by atoms with van der Waals surface area (Å²) >= 11 is 0. The number of carbonyl (C=O) groups is 4. The molecule has 1 spiro atoms. The van der Waals surface area contributed by atoms with E-state index in [-0.39, 0.29) is 23.1 Å². The molecule has 1 saturated carbocycles. The highest BCUT2D eigenvalue weighted by Gasteiger charge is 2.56. The Bertz CT molecular complexity index is 685. The van der Waals surface area contributed by atoms with Gasteiger partial charge in [0, 0.05) is 13.1 Å². The fourth-order valence-electron chi connectivity index (χ4n) is 5.26. The number of ether oxygens (including phenoxy) is 1. The normalized spacial score (nSPS) is 30.5. The number of esters is 1. The highest BCUT2D eigenvalue weighted by molar-refractivity contribution is 6.08. The third-order valence-corrected chi connectivity index (χ3v) is 5.99. The monoisotopic (exact) mass is 393 g/mol. The number of rotatable bonds is 4. The highest BCUT2D eigenvalue weighted by atomic mass is 16.5. The summed E-state index contributed by atoms with van der Waals surface area (Å²) in [5.74, 6) is -1.06. The lowest BCUT2D eigenvalue weighted by Gasteiger charge is -2.43. The van der Waals surface area contributed by atoms with Crippen molar-refractivity contribution in [3.05, 3.63) is 0 Å². The van der Waals surface area contributed by atoms with E-state index in [9.17, 15) is 19.2 Å². The smallest absolute Gasteiger partial charge is 0.327 e. The average Bonchev–Trinajstić information content (AvgIpc) is 3.16. The van der Waals surface area contributed by atoms with Crippen molar-refractivity contribution >= 4 is 23.8 Å². The predicted octanol–water partition coefficient (Wildman–Crippen LogP) is 1.68. The molecule has 3 rings (SSSR count). The number of urea groups is 1. The van der Waals surface area contributed by atoms with Crippen molar-refractivity contribution in [2.45, 2.75) is 71.4 Å². The van der Waals surface area contributed by atoms with Gasteiger partial charge in [0.2, 0.25) is 0 Å². The Hall–Kier alpha value is -2.12. The van der Waals surface area contributed by atoms with Crippen LogP contribution in [0, 0.1) is 11.3 Å². The summed E-state index contributed by atoms with van der Waals surface area (Å²) in [5, 5.41) is 2.84. The maximum atomic E-state index is 13.1. The minimum absolute atomic E-state index is 0.0756. The SMILES string of the molecule is C[C@@H]1CC(C)(C)C[C@@]2(C1)NC(=O)N(CC(=O)O[C@@H](C)C(=O)N1CCCC1)C2=O. The Kier molecular flexibility index (Phi) is 5.42. The summed E-state index contributed by atoms with van der Waals surface area (Å²) in [6.45, 7) is 8.65. The van der Waals surface area contributed by atoms with Crippen LogP contribution in [0.5, 0.6) is 0 Å². The van der Waals surface area contributed by atoms with Gasteiger partial charge < -0.3 is 15.0 Å². The van der Waals surface area contributed by atoms with Gasteiger partial charge in [-0.3, -0.25) is 19.3 Å². The van der Waals surface area contributed by atoms with Crippen molar-refractivity contribution < 1.29 is 23.9 Å². The Morgan fingerprint density at radius 1 is 1.21 bits per heavy atom. The number of carbonyl (C=O) groups excluding carboxylic acids is 4. The van der Waals surface area contributed by atoms with Crippen molar-refractivity contribution in [3.8, 4) is 0 Å². The molecule has 8 heteroatoms. The maximum Gasteiger partial charge on any atom is 0.327 e. The lowest BCUT2D eigenvalue weighted by molar-refractivity contribution is -0.160. The first kappa shape index (κ1) is 20.6. The largest absolute Gasteiger partial charge is 0.451 e. The molecule has 0 aromatic rings. The number of hydrogen-bond acceptors (Lipinski definition) is 5. The van der Waals surface area contributed by atoms with Gasteiger partial charge in [0.1, 0.15) is 12.1 Å². The first-order chi connectivity index (χ1) is 13.0. The molecule has 0 radical (unpaired) electrons. The Morgan fingerprint density at radius 3 is 2.46 bits per heavy atom. The average molecular weight is 393 g/mol. The van der Waals surface area contributed by atoms with Crippen LogP contribution in [0.3, 0.4) is 0 Å². The van der Waals surface area contributed by atoms with Crippen LogP contribution in [0.2, 0.25) is 0 Å². The topological polar surface area (TPSA) is 96.0 Å². The third kappa shape index (κ3) is 4.00. The van der Waals surface area contributed by atoms with Gasteiger partial charge >= 0.3 is 12.0 Å². The van der Waals surface area contributed by atoms with Crippen LogP contribution >= 0.6 is 0 Å². The zero-order valence-electron chi connectivity index (χ0n) is 17.2. The third-order valence-electron chi connectivity index (χ3n) is 5.99. The molecule has 2 saturated heterocycles. The van der Waals surface area contributed by atoms with Crippen LogP contribution in [0.15, 0.2) is 0 Å². The van der Waals surface area contributed by atoms with Crippen LogP contribution in [0.25, 0.3) is 0 Å². The molecular formula is C20H31N3O5. The first-order valence-corrected chi connectivity index (χ1v) is 10.2. The summed E-state index contributed by atoms with van der Waals surface area (Å²) in [7, 11) is 0. The van der Waals surface area contributed by atoms with Gasteiger partial charge in [-0.15, -0.1) is 0 Å². The standard InChI is InChI=1S/C20H31N3O5/c1-13-9-19(3,4)12-20(10-13)17(26)23(18(27)21-20)11-15(24)28-14(2)16(25)22-7-5-6-8-22/h13-14H,5-12H2,1-4H3,(H,21,27)/t13-,14+,20-/m1/s1. The molecular weight excluding hydrogens is 362 g/mol. The van der Waals surface area contributed by atoms with Crippen LogP contribution < -0.4 is 5.32 Å². The second kappa shape index (κ2) is 7.37. The zero-order chi connectivity index (χ0) is 20.7. The van der Waals surface area contributed by atoms with E-state index in [2.05, 4.69) is 26.1 Å². The summed E-state index contributed by atoms with van der Waals surface area (Å²) in [5.41, 5.74) is -1.02. The van der Waals surface area contributed by atoms with Crippen LogP contribution in [-0.4, -0.2) is 64.9 Å². The first-order valence-electron chi connectivity index (χ1n) is 10.2. The maximum absolute atomic E-state index is 13.1. The van der Waals surface area contributed by atoms with Gasteiger partial charge in [-0.25, -0.2) is 4.79 Å². The van der Waals surface area contributed by atoms with Gasteiger partial charge in [-0.05, 0) is 50.4 Å². The zero-order valence-corrected chi connectivity index (χ0v) is 17.2. The van der Waals surface area contributed by atoms with E-state index >= 15 is 0 Å². The summed E-state index contributed by atoms with van der Waals surface area (Å²) < 4.78 is 5.22.